The number of carbonyl (C=O) groups is 1. The molecule has 0 atom stereocenters. The average Bonchev–Trinajstić information content (AvgIpc) is 2.42. The fraction of sp³-hybridized carbons (Fsp3) is 0. The number of rotatable bonds is 1. The van der Waals surface area contributed by atoms with E-state index in [0.29, 0.717) is 11.2 Å². The van der Waals surface area contributed by atoms with Gasteiger partial charge in [0.05, 0.1) is 5.56 Å². The van der Waals surface area contributed by atoms with Gasteiger partial charge in [-0.15, -0.1) is 0 Å². The smallest absolute Gasteiger partial charge is 0.294 e. The number of primary amides is 1. The molecule has 2 aromatic heterocycles. The van der Waals surface area contributed by atoms with Crippen molar-refractivity contribution in [3.8, 4) is 0 Å². The molecule has 0 spiro atoms. The molecule has 0 aliphatic heterocycles. The number of hydrogen-bond acceptors (Lipinski definition) is 5. The second-order valence-corrected chi connectivity index (χ2v) is 2.46. The van der Waals surface area contributed by atoms with Crippen LogP contribution in [-0.4, -0.2) is 15.9 Å². The van der Waals surface area contributed by atoms with Gasteiger partial charge < -0.3 is 15.9 Å². The predicted molar refractivity (Wildman–Crippen MR) is 44.7 cm³/mol. The van der Waals surface area contributed by atoms with Gasteiger partial charge in [-0.25, -0.2) is 4.98 Å². The molecular formula is C7H6N4O2. The number of nitrogens with two attached hydrogens (primary N) is 2. The van der Waals surface area contributed by atoms with E-state index >= 15 is 0 Å². The van der Waals surface area contributed by atoms with E-state index in [1.54, 1.807) is 0 Å². The number of aromatic nitrogens is 2. The van der Waals surface area contributed by atoms with Crippen molar-refractivity contribution in [3.63, 3.8) is 0 Å². The van der Waals surface area contributed by atoms with Crippen molar-refractivity contribution in [1.82, 2.24) is 9.97 Å². The van der Waals surface area contributed by atoms with Crippen LogP contribution in [0.4, 0.5) is 6.01 Å². The Morgan fingerprint density at radius 2 is 2.31 bits per heavy atom. The van der Waals surface area contributed by atoms with Crippen molar-refractivity contribution in [2.24, 2.45) is 5.73 Å². The summed E-state index contributed by atoms with van der Waals surface area (Å²) in [5.41, 5.74) is 11.3. The Morgan fingerprint density at radius 3 is 3.00 bits per heavy atom. The molecule has 4 N–H and O–H groups in total. The highest BCUT2D eigenvalue weighted by molar-refractivity contribution is 5.94. The standard InChI is InChI=1S/C7H6N4O2/c8-5(12)3-1-4-6(10-2-3)13-7(9)11-4/h1-2H,(H2,8,12)(H2,9,11). The normalized spacial score (nSPS) is 10.5. The highest BCUT2D eigenvalue weighted by Crippen LogP contribution is 2.14. The van der Waals surface area contributed by atoms with Gasteiger partial charge in [0.15, 0.2) is 0 Å². The molecule has 0 bridgehead atoms. The summed E-state index contributed by atoms with van der Waals surface area (Å²) in [4.78, 5) is 18.4. The highest BCUT2D eigenvalue weighted by atomic mass is 16.4. The molecule has 0 radical (unpaired) electrons. The maximum absolute atomic E-state index is 10.7. The van der Waals surface area contributed by atoms with E-state index in [1.807, 2.05) is 0 Å². The van der Waals surface area contributed by atoms with Crippen LogP contribution in [0.15, 0.2) is 16.7 Å². The van der Waals surface area contributed by atoms with Crippen LogP contribution in [0.3, 0.4) is 0 Å². The van der Waals surface area contributed by atoms with Crippen LogP contribution in [0.1, 0.15) is 10.4 Å². The number of fused-ring (bicyclic) bond motifs is 1. The minimum atomic E-state index is -0.559. The molecule has 1 amide bonds. The monoisotopic (exact) mass is 178 g/mol. The zero-order chi connectivity index (χ0) is 9.42. The van der Waals surface area contributed by atoms with Gasteiger partial charge in [0, 0.05) is 6.20 Å². The van der Waals surface area contributed by atoms with E-state index in [4.69, 9.17) is 15.9 Å². The van der Waals surface area contributed by atoms with Crippen LogP contribution >= 0.6 is 0 Å². The number of amides is 1. The Bertz CT molecular complexity index is 476. The molecule has 2 aromatic rings. The van der Waals surface area contributed by atoms with Gasteiger partial charge in [-0.3, -0.25) is 4.79 Å². The summed E-state index contributed by atoms with van der Waals surface area (Å²) in [6.07, 6.45) is 1.31. The maximum atomic E-state index is 10.7. The Kier molecular flexibility index (Phi) is 1.42. The Morgan fingerprint density at radius 1 is 1.54 bits per heavy atom. The fourth-order valence-corrected chi connectivity index (χ4v) is 0.975. The van der Waals surface area contributed by atoms with Crippen LogP contribution in [0.2, 0.25) is 0 Å². The second kappa shape index (κ2) is 2.44. The minimum absolute atomic E-state index is 0.0177. The van der Waals surface area contributed by atoms with Crippen LogP contribution in [0.25, 0.3) is 11.2 Å². The van der Waals surface area contributed by atoms with Gasteiger partial charge in [0.25, 0.3) is 6.01 Å². The van der Waals surface area contributed by atoms with E-state index in [2.05, 4.69) is 9.97 Å². The Hall–Kier alpha value is -2.11. The average molecular weight is 178 g/mol. The molecule has 0 fully saturated rings. The molecule has 13 heavy (non-hydrogen) atoms. The molecule has 6 nitrogen and oxygen atoms in total. The lowest BCUT2D eigenvalue weighted by Gasteiger charge is -1.91. The lowest BCUT2D eigenvalue weighted by Crippen LogP contribution is -2.10. The van der Waals surface area contributed by atoms with Crippen LogP contribution in [0, 0.1) is 0 Å². The summed E-state index contributed by atoms with van der Waals surface area (Å²) in [7, 11) is 0. The van der Waals surface area contributed by atoms with Crippen molar-refractivity contribution in [1.29, 1.82) is 0 Å². The molecule has 0 aromatic carbocycles. The molecule has 66 valence electrons. The number of oxazole rings is 1. The van der Waals surface area contributed by atoms with Crippen molar-refractivity contribution in [2.45, 2.75) is 0 Å². The van der Waals surface area contributed by atoms with Crippen LogP contribution in [-0.2, 0) is 0 Å². The van der Waals surface area contributed by atoms with Gasteiger partial charge in [-0.1, -0.05) is 0 Å². The molecule has 2 heterocycles. The van der Waals surface area contributed by atoms with E-state index in [9.17, 15) is 4.79 Å². The fourth-order valence-electron chi connectivity index (χ4n) is 0.975. The number of pyridine rings is 1. The molecular weight excluding hydrogens is 172 g/mol. The zero-order valence-electron chi connectivity index (χ0n) is 6.52. The van der Waals surface area contributed by atoms with Crippen molar-refractivity contribution < 1.29 is 9.21 Å². The third kappa shape index (κ3) is 1.18. The molecule has 6 heteroatoms. The molecule has 0 aliphatic carbocycles. The highest BCUT2D eigenvalue weighted by Gasteiger charge is 2.07. The summed E-state index contributed by atoms with van der Waals surface area (Å²) < 4.78 is 4.91. The minimum Gasteiger partial charge on any atom is -0.405 e. The lowest BCUT2D eigenvalue weighted by molar-refractivity contribution is 0.1000. The first kappa shape index (κ1) is 7.53. The van der Waals surface area contributed by atoms with E-state index in [-0.39, 0.29) is 11.6 Å². The first-order chi connectivity index (χ1) is 6.16. The number of nitrogen functional groups attached to an aromatic ring is 1. The second-order valence-electron chi connectivity index (χ2n) is 2.46. The summed E-state index contributed by atoms with van der Waals surface area (Å²) in [6, 6.07) is 1.49. The van der Waals surface area contributed by atoms with E-state index < -0.39 is 5.91 Å². The van der Waals surface area contributed by atoms with E-state index in [1.165, 1.54) is 12.3 Å². The first-order valence-corrected chi connectivity index (χ1v) is 3.48. The van der Waals surface area contributed by atoms with Crippen molar-refractivity contribution >= 4 is 23.2 Å². The molecule has 0 aliphatic rings. The third-order valence-corrected chi connectivity index (χ3v) is 1.55. The largest absolute Gasteiger partial charge is 0.405 e. The van der Waals surface area contributed by atoms with Gasteiger partial charge in [-0.05, 0) is 6.07 Å². The molecule has 0 saturated heterocycles. The van der Waals surface area contributed by atoms with Crippen LogP contribution in [0.5, 0.6) is 0 Å². The Balaban J connectivity index is 2.67. The maximum Gasteiger partial charge on any atom is 0.294 e. The SMILES string of the molecule is NC(=O)c1cnc2oc(N)nc2c1. The quantitative estimate of drug-likeness (QED) is 0.634. The van der Waals surface area contributed by atoms with Gasteiger partial charge in [-0.2, -0.15) is 4.98 Å². The zero-order valence-corrected chi connectivity index (χ0v) is 6.52. The number of hydrogen-bond donors (Lipinski definition) is 2. The first-order valence-electron chi connectivity index (χ1n) is 3.48. The van der Waals surface area contributed by atoms with Crippen molar-refractivity contribution in [3.05, 3.63) is 17.8 Å². The summed E-state index contributed by atoms with van der Waals surface area (Å²) in [5, 5.41) is 0. The molecule has 0 saturated carbocycles. The number of nitrogens with zero attached hydrogens (tertiary/aromatic N) is 2. The summed E-state index contributed by atoms with van der Waals surface area (Å²) >= 11 is 0. The number of carbonyl (C=O) groups excluding carboxylic acids is 1. The summed E-state index contributed by atoms with van der Waals surface area (Å²) in [6.45, 7) is 0. The number of anilines is 1. The van der Waals surface area contributed by atoms with E-state index in [0.717, 1.165) is 0 Å². The molecule has 0 unspecified atom stereocenters. The Labute approximate surface area is 72.6 Å². The molecule has 2 rings (SSSR count). The van der Waals surface area contributed by atoms with Gasteiger partial charge in [0.2, 0.25) is 11.6 Å². The summed E-state index contributed by atoms with van der Waals surface area (Å²) in [5.74, 6) is -0.559. The predicted octanol–water partition coefficient (Wildman–Crippen LogP) is -0.0961. The van der Waals surface area contributed by atoms with Gasteiger partial charge >= 0.3 is 0 Å². The van der Waals surface area contributed by atoms with Gasteiger partial charge in [0.1, 0.15) is 5.52 Å². The lowest BCUT2D eigenvalue weighted by atomic mass is 10.2. The van der Waals surface area contributed by atoms with Crippen LogP contribution < -0.4 is 11.5 Å². The topological polar surface area (TPSA) is 108 Å². The van der Waals surface area contributed by atoms with Crippen molar-refractivity contribution in [2.75, 3.05) is 5.73 Å². The third-order valence-electron chi connectivity index (χ3n) is 1.55.